The lowest BCUT2D eigenvalue weighted by Gasteiger charge is -2.39. The van der Waals surface area contributed by atoms with Crippen molar-refractivity contribution in [3.63, 3.8) is 0 Å². The van der Waals surface area contributed by atoms with Crippen LogP contribution in [0.3, 0.4) is 0 Å². The monoisotopic (exact) mass is 404 g/mol. The molecule has 0 bridgehead atoms. The first-order chi connectivity index (χ1) is 13.4. The largest absolute Gasteiger partial charge is 0.356 e. The van der Waals surface area contributed by atoms with Crippen molar-refractivity contribution in [2.45, 2.75) is 63.2 Å². The van der Waals surface area contributed by atoms with E-state index in [1.807, 2.05) is 6.92 Å². The van der Waals surface area contributed by atoms with Crippen LogP contribution in [0.5, 0.6) is 0 Å². The molecule has 1 atom stereocenters. The third-order valence-electron chi connectivity index (χ3n) is 6.86. The third kappa shape index (κ3) is 3.99. The summed E-state index contributed by atoms with van der Waals surface area (Å²) >= 11 is 0. The fraction of sp³-hybridized carbons (Fsp3) is 0.682. The fourth-order valence-corrected chi connectivity index (χ4v) is 6.65. The SMILES string of the molecule is CCCS(=O)(=O)N1CCC2(CC1)C[C@H](CC(=O)NCC1CC1)c1ccccc12. The minimum Gasteiger partial charge on any atom is -0.356 e. The van der Waals surface area contributed by atoms with Crippen LogP contribution >= 0.6 is 0 Å². The molecule has 1 amide bonds. The van der Waals surface area contributed by atoms with Crippen molar-refractivity contribution in [2.24, 2.45) is 5.92 Å². The molecular weight excluding hydrogens is 372 g/mol. The molecule has 1 saturated heterocycles. The molecule has 154 valence electrons. The number of benzene rings is 1. The van der Waals surface area contributed by atoms with Gasteiger partial charge in [-0.25, -0.2) is 12.7 Å². The van der Waals surface area contributed by atoms with Gasteiger partial charge in [0.1, 0.15) is 0 Å². The van der Waals surface area contributed by atoms with Crippen LogP contribution in [-0.4, -0.2) is 44.0 Å². The van der Waals surface area contributed by atoms with Gasteiger partial charge in [-0.1, -0.05) is 31.2 Å². The number of hydrogen-bond donors (Lipinski definition) is 1. The van der Waals surface area contributed by atoms with Crippen LogP contribution in [0.4, 0.5) is 0 Å². The molecule has 1 spiro atoms. The molecule has 3 aliphatic rings. The Labute approximate surface area is 168 Å². The Hall–Kier alpha value is -1.40. The molecule has 0 radical (unpaired) electrons. The summed E-state index contributed by atoms with van der Waals surface area (Å²) in [6, 6.07) is 8.51. The zero-order chi connectivity index (χ0) is 19.8. The normalized spacial score (nSPS) is 24.2. The number of fused-ring (bicyclic) bond motifs is 2. The van der Waals surface area contributed by atoms with Crippen molar-refractivity contribution in [3.05, 3.63) is 35.4 Å². The molecule has 1 saturated carbocycles. The van der Waals surface area contributed by atoms with Gasteiger partial charge in [0.05, 0.1) is 5.75 Å². The molecule has 1 N–H and O–H groups in total. The molecule has 6 heteroatoms. The Morgan fingerprint density at radius 1 is 1.21 bits per heavy atom. The molecule has 1 heterocycles. The molecule has 0 unspecified atom stereocenters. The van der Waals surface area contributed by atoms with Crippen molar-refractivity contribution < 1.29 is 13.2 Å². The smallest absolute Gasteiger partial charge is 0.220 e. The van der Waals surface area contributed by atoms with E-state index in [1.165, 1.54) is 24.0 Å². The van der Waals surface area contributed by atoms with E-state index in [0.29, 0.717) is 31.8 Å². The number of amides is 1. The highest BCUT2D eigenvalue weighted by Crippen LogP contribution is 2.52. The van der Waals surface area contributed by atoms with Crippen LogP contribution in [0.2, 0.25) is 0 Å². The van der Waals surface area contributed by atoms with Crippen LogP contribution < -0.4 is 5.32 Å². The van der Waals surface area contributed by atoms with Crippen LogP contribution in [0.15, 0.2) is 24.3 Å². The number of nitrogens with one attached hydrogen (secondary N) is 1. The average Bonchev–Trinajstić information content (AvgIpc) is 3.46. The van der Waals surface area contributed by atoms with E-state index in [0.717, 1.165) is 25.8 Å². The number of nitrogens with zero attached hydrogens (tertiary/aromatic N) is 1. The quantitative estimate of drug-likeness (QED) is 0.759. The Balaban J connectivity index is 1.46. The molecule has 28 heavy (non-hydrogen) atoms. The Morgan fingerprint density at radius 2 is 1.93 bits per heavy atom. The zero-order valence-corrected chi connectivity index (χ0v) is 17.6. The summed E-state index contributed by atoms with van der Waals surface area (Å²) in [7, 11) is -3.13. The molecular formula is C22H32N2O3S. The number of piperidine rings is 1. The molecule has 5 nitrogen and oxygen atoms in total. The fourth-order valence-electron chi connectivity index (χ4n) is 5.14. The molecule has 4 rings (SSSR count). The van der Waals surface area contributed by atoms with Crippen molar-refractivity contribution in [2.75, 3.05) is 25.4 Å². The maximum absolute atomic E-state index is 12.5. The number of carbonyl (C=O) groups is 1. The molecule has 1 aromatic carbocycles. The van der Waals surface area contributed by atoms with Gasteiger partial charge in [-0.05, 0) is 66.9 Å². The van der Waals surface area contributed by atoms with Crippen molar-refractivity contribution in [3.8, 4) is 0 Å². The van der Waals surface area contributed by atoms with E-state index in [2.05, 4.69) is 29.6 Å². The van der Waals surface area contributed by atoms with Gasteiger partial charge < -0.3 is 5.32 Å². The predicted molar refractivity (Wildman–Crippen MR) is 111 cm³/mol. The lowest BCUT2D eigenvalue weighted by atomic mass is 9.73. The summed E-state index contributed by atoms with van der Waals surface area (Å²) in [6.45, 7) is 3.92. The first-order valence-electron chi connectivity index (χ1n) is 10.8. The van der Waals surface area contributed by atoms with Gasteiger partial charge in [0.25, 0.3) is 0 Å². The maximum Gasteiger partial charge on any atom is 0.220 e. The number of rotatable bonds is 7. The molecule has 2 fully saturated rings. The summed E-state index contributed by atoms with van der Waals surface area (Å²) in [5, 5.41) is 3.11. The maximum atomic E-state index is 12.5. The van der Waals surface area contributed by atoms with E-state index in [1.54, 1.807) is 4.31 Å². The number of hydrogen-bond acceptors (Lipinski definition) is 3. The number of sulfonamides is 1. The standard InChI is InChI=1S/C22H32N2O3S/c1-2-13-28(26,27)24-11-9-22(10-12-24)15-18(19-5-3-4-6-20(19)22)14-21(25)23-16-17-7-8-17/h3-6,17-18H,2,7-16H2,1H3,(H,23,25)/t18-/m0/s1. The summed E-state index contributed by atoms with van der Waals surface area (Å²) in [5.41, 5.74) is 2.67. The Morgan fingerprint density at radius 3 is 2.61 bits per heavy atom. The van der Waals surface area contributed by atoms with Crippen molar-refractivity contribution in [1.29, 1.82) is 0 Å². The van der Waals surface area contributed by atoms with Gasteiger partial charge in [-0.2, -0.15) is 0 Å². The third-order valence-corrected chi connectivity index (χ3v) is 8.94. The topological polar surface area (TPSA) is 66.5 Å². The average molecular weight is 405 g/mol. The zero-order valence-electron chi connectivity index (χ0n) is 16.8. The van der Waals surface area contributed by atoms with E-state index in [-0.39, 0.29) is 23.0 Å². The van der Waals surface area contributed by atoms with E-state index >= 15 is 0 Å². The van der Waals surface area contributed by atoms with Crippen LogP contribution in [0.25, 0.3) is 0 Å². The molecule has 1 aliphatic heterocycles. The molecule has 1 aromatic rings. The van der Waals surface area contributed by atoms with Gasteiger partial charge in [0.2, 0.25) is 15.9 Å². The van der Waals surface area contributed by atoms with E-state index in [9.17, 15) is 13.2 Å². The van der Waals surface area contributed by atoms with Gasteiger partial charge in [-0.15, -0.1) is 0 Å². The minimum atomic E-state index is -3.13. The van der Waals surface area contributed by atoms with Gasteiger partial charge >= 0.3 is 0 Å². The highest BCUT2D eigenvalue weighted by Gasteiger charge is 2.46. The van der Waals surface area contributed by atoms with E-state index < -0.39 is 10.0 Å². The van der Waals surface area contributed by atoms with Crippen LogP contribution in [0, 0.1) is 5.92 Å². The summed E-state index contributed by atoms with van der Waals surface area (Å²) < 4.78 is 26.6. The molecule has 2 aliphatic carbocycles. The van der Waals surface area contributed by atoms with Gasteiger partial charge in [-0.3, -0.25) is 4.79 Å². The highest BCUT2D eigenvalue weighted by atomic mass is 32.2. The predicted octanol–water partition coefficient (Wildman–Crippen LogP) is 3.16. The summed E-state index contributed by atoms with van der Waals surface area (Å²) in [6.07, 6.45) is 6.36. The first kappa shape index (κ1) is 19.9. The van der Waals surface area contributed by atoms with Crippen LogP contribution in [-0.2, 0) is 20.2 Å². The van der Waals surface area contributed by atoms with Gasteiger partial charge in [0.15, 0.2) is 0 Å². The Bertz CT molecular complexity index is 824. The summed E-state index contributed by atoms with van der Waals surface area (Å²) in [4.78, 5) is 12.5. The first-order valence-corrected chi connectivity index (χ1v) is 12.4. The second kappa shape index (κ2) is 7.79. The highest BCUT2D eigenvalue weighted by molar-refractivity contribution is 7.89. The Kier molecular flexibility index (Phi) is 5.53. The lowest BCUT2D eigenvalue weighted by molar-refractivity contribution is -0.121. The minimum absolute atomic E-state index is 0.0241. The lowest BCUT2D eigenvalue weighted by Crippen LogP contribution is -2.45. The second-order valence-corrected chi connectivity index (χ2v) is 11.0. The van der Waals surface area contributed by atoms with Gasteiger partial charge in [0, 0.05) is 26.1 Å². The van der Waals surface area contributed by atoms with Crippen LogP contribution in [0.1, 0.15) is 68.9 Å². The van der Waals surface area contributed by atoms with Crippen molar-refractivity contribution in [1.82, 2.24) is 9.62 Å². The molecule has 0 aromatic heterocycles. The second-order valence-electron chi connectivity index (χ2n) is 8.94. The van der Waals surface area contributed by atoms with Crippen molar-refractivity contribution >= 4 is 15.9 Å². The summed E-state index contributed by atoms with van der Waals surface area (Å²) in [5.74, 6) is 1.34. The van der Waals surface area contributed by atoms with E-state index in [4.69, 9.17) is 0 Å². The number of carbonyl (C=O) groups excluding carboxylic acids is 1.